The normalized spacial score (nSPS) is 16.9. The lowest BCUT2D eigenvalue weighted by Gasteiger charge is -2.38. The van der Waals surface area contributed by atoms with Crippen molar-refractivity contribution >= 4 is 23.9 Å². The fourth-order valence-electron chi connectivity index (χ4n) is 4.20. The minimum absolute atomic E-state index is 0.0779. The molecule has 13 nitrogen and oxygen atoms in total. The fourth-order valence-corrected chi connectivity index (χ4v) is 4.20. The number of piperidine rings is 1. The molecule has 25 heteroatoms. The molecule has 54 heavy (non-hydrogen) atoms. The van der Waals surface area contributed by atoms with E-state index in [1.54, 1.807) is 0 Å². The zero-order valence-corrected chi connectivity index (χ0v) is 27.5. The molecule has 4 heterocycles. The summed E-state index contributed by atoms with van der Waals surface area (Å²) in [6.07, 6.45) is -11.3. The SMILES string of the molecule is CN(Cc1cccnc1)C1COC2(CCN(Cc3ccccn3)CC2)C1.O=C(O)C(F)(F)F.O=C(O)C(F)(F)F.O=C(O)C(F)(F)F.O=C(O)C(F)(F)F. The Morgan fingerprint density at radius 2 is 1.20 bits per heavy atom. The van der Waals surface area contributed by atoms with Gasteiger partial charge in [-0.2, -0.15) is 52.7 Å². The summed E-state index contributed by atoms with van der Waals surface area (Å²) in [4.78, 5) is 49.2. The number of nitrogens with zero attached hydrogens (tertiary/aromatic N) is 4. The summed E-state index contributed by atoms with van der Waals surface area (Å²) < 4.78 is 133. The lowest BCUT2D eigenvalue weighted by Crippen LogP contribution is -2.44. The molecule has 2 aromatic rings. The first kappa shape index (κ1) is 49.2. The molecular formula is C29H32F12N4O9. The molecule has 2 aliphatic heterocycles. The Kier molecular flexibility index (Phi) is 19.3. The van der Waals surface area contributed by atoms with Crippen LogP contribution in [0.2, 0.25) is 0 Å². The van der Waals surface area contributed by atoms with Gasteiger partial charge in [0.05, 0.1) is 17.9 Å². The van der Waals surface area contributed by atoms with Crippen LogP contribution in [0.4, 0.5) is 52.7 Å². The van der Waals surface area contributed by atoms with Crippen LogP contribution in [-0.2, 0) is 37.0 Å². The molecule has 1 unspecified atom stereocenters. The predicted molar refractivity (Wildman–Crippen MR) is 156 cm³/mol. The number of rotatable bonds is 5. The van der Waals surface area contributed by atoms with Gasteiger partial charge in [-0.1, -0.05) is 12.1 Å². The quantitative estimate of drug-likeness (QED) is 0.287. The minimum atomic E-state index is -5.08. The van der Waals surface area contributed by atoms with Crippen molar-refractivity contribution in [1.29, 1.82) is 0 Å². The highest BCUT2D eigenvalue weighted by atomic mass is 19.4. The van der Waals surface area contributed by atoms with E-state index < -0.39 is 48.6 Å². The van der Waals surface area contributed by atoms with Crippen molar-refractivity contribution in [2.45, 2.75) is 68.7 Å². The van der Waals surface area contributed by atoms with Gasteiger partial charge in [0.15, 0.2) is 0 Å². The van der Waals surface area contributed by atoms with E-state index in [2.05, 4.69) is 45.0 Å². The number of hydrogen-bond acceptors (Lipinski definition) is 9. The Labute approximate surface area is 296 Å². The van der Waals surface area contributed by atoms with Crippen molar-refractivity contribution in [3.8, 4) is 0 Å². The average molecular weight is 809 g/mol. The van der Waals surface area contributed by atoms with Crippen LogP contribution in [0.25, 0.3) is 0 Å². The highest BCUT2D eigenvalue weighted by Gasteiger charge is 2.44. The van der Waals surface area contributed by atoms with Crippen molar-refractivity contribution in [2.24, 2.45) is 0 Å². The van der Waals surface area contributed by atoms with Crippen molar-refractivity contribution < 1.29 is 97.0 Å². The van der Waals surface area contributed by atoms with Crippen LogP contribution in [0.15, 0.2) is 48.9 Å². The monoisotopic (exact) mass is 808 g/mol. The number of carboxylic acids is 4. The molecule has 0 aliphatic carbocycles. The lowest BCUT2D eigenvalue weighted by molar-refractivity contribution is -0.193. The molecule has 306 valence electrons. The van der Waals surface area contributed by atoms with Crippen LogP contribution in [0.3, 0.4) is 0 Å². The molecule has 2 aliphatic rings. The second-order valence-electron chi connectivity index (χ2n) is 10.9. The van der Waals surface area contributed by atoms with Gasteiger partial charge in [-0.15, -0.1) is 0 Å². The molecule has 0 bridgehead atoms. The number of ether oxygens (including phenoxy) is 1. The largest absolute Gasteiger partial charge is 0.490 e. The Bertz CT molecular complexity index is 1360. The summed E-state index contributed by atoms with van der Waals surface area (Å²) in [5.74, 6) is -11.0. The topological polar surface area (TPSA) is 191 Å². The number of pyridine rings is 2. The highest BCUT2D eigenvalue weighted by molar-refractivity contribution is 5.74. The molecule has 0 saturated carbocycles. The molecule has 0 aromatic carbocycles. The van der Waals surface area contributed by atoms with Gasteiger partial charge >= 0.3 is 48.6 Å². The first-order valence-corrected chi connectivity index (χ1v) is 14.6. The second kappa shape index (κ2) is 21.2. The maximum atomic E-state index is 10.6. The van der Waals surface area contributed by atoms with Crippen LogP contribution >= 0.6 is 0 Å². The highest BCUT2D eigenvalue weighted by Crippen LogP contribution is 2.38. The lowest BCUT2D eigenvalue weighted by atomic mass is 9.87. The third-order valence-electron chi connectivity index (χ3n) is 6.82. The van der Waals surface area contributed by atoms with Crippen LogP contribution in [-0.4, -0.2) is 127 Å². The van der Waals surface area contributed by atoms with E-state index >= 15 is 0 Å². The summed E-state index contributed by atoms with van der Waals surface area (Å²) in [5, 5.41) is 28.5. The van der Waals surface area contributed by atoms with E-state index in [-0.39, 0.29) is 5.60 Å². The molecule has 2 aromatic heterocycles. The first-order valence-electron chi connectivity index (χ1n) is 14.6. The molecule has 1 spiro atoms. The van der Waals surface area contributed by atoms with Gasteiger partial charge in [0, 0.05) is 50.8 Å². The fraction of sp³-hybridized carbons (Fsp3) is 0.517. The minimum Gasteiger partial charge on any atom is -0.475 e. The summed E-state index contributed by atoms with van der Waals surface area (Å²) in [6.45, 7) is 4.91. The number of halogens is 12. The zero-order chi connectivity index (χ0) is 42.1. The summed E-state index contributed by atoms with van der Waals surface area (Å²) in [6, 6.07) is 10.8. The van der Waals surface area contributed by atoms with Crippen molar-refractivity contribution in [3.05, 3.63) is 60.2 Å². The summed E-state index contributed by atoms with van der Waals surface area (Å²) in [7, 11) is 2.20. The van der Waals surface area contributed by atoms with E-state index in [1.807, 2.05) is 30.7 Å². The number of aliphatic carboxylic acids is 4. The number of carbonyl (C=O) groups is 4. The smallest absolute Gasteiger partial charge is 0.475 e. The first-order chi connectivity index (χ1) is 24.5. The standard InChI is InChI=1S/C21H28N4O.4C2HF3O2/c1-24(15-18-5-4-9-22-14-18)20-13-21(26-17-20)7-11-25(12-8-21)16-19-6-2-3-10-23-19;4*3-2(4,5)1(6)7/h2-6,9-10,14,20H,7-8,11-13,15-17H2,1H3;4*(H,6,7). The number of hydrogen-bond donors (Lipinski definition) is 4. The maximum absolute atomic E-state index is 10.6. The van der Waals surface area contributed by atoms with Crippen LogP contribution < -0.4 is 0 Å². The molecule has 2 fully saturated rings. The van der Waals surface area contributed by atoms with E-state index in [1.165, 1.54) is 5.56 Å². The number of likely N-dealkylation sites (tertiary alicyclic amines) is 1. The van der Waals surface area contributed by atoms with Crippen molar-refractivity contribution in [1.82, 2.24) is 19.8 Å². The molecule has 4 N–H and O–H groups in total. The van der Waals surface area contributed by atoms with Gasteiger partial charge in [0.2, 0.25) is 0 Å². The van der Waals surface area contributed by atoms with Crippen molar-refractivity contribution in [2.75, 3.05) is 26.7 Å². The third kappa shape index (κ3) is 20.5. The summed E-state index contributed by atoms with van der Waals surface area (Å²) in [5.41, 5.74) is 2.50. The van der Waals surface area contributed by atoms with E-state index in [0.29, 0.717) is 6.04 Å². The van der Waals surface area contributed by atoms with Gasteiger partial charge in [-0.3, -0.25) is 19.8 Å². The molecule has 4 rings (SSSR count). The average Bonchev–Trinajstić information content (AvgIpc) is 3.46. The number of aromatic nitrogens is 2. The Morgan fingerprint density at radius 1 is 0.759 bits per heavy atom. The number of alkyl halides is 12. The van der Waals surface area contributed by atoms with Gasteiger partial charge in [0.1, 0.15) is 0 Å². The van der Waals surface area contributed by atoms with Gasteiger partial charge in [-0.05, 0) is 50.1 Å². The van der Waals surface area contributed by atoms with Crippen LogP contribution in [0.1, 0.15) is 30.5 Å². The van der Waals surface area contributed by atoms with Crippen LogP contribution in [0, 0.1) is 0 Å². The number of carboxylic acid groups (broad SMARTS) is 4. The Morgan fingerprint density at radius 3 is 1.56 bits per heavy atom. The van der Waals surface area contributed by atoms with Gasteiger partial charge in [-0.25, -0.2) is 19.2 Å². The predicted octanol–water partition coefficient (Wildman–Crippen LogP) is 5.27. The van der Waals surface area contributed by atoms with Gasteiger partial charge < -0.3 is 25.2 Å². The van der Waals surface area contributed by atoms with E-state index in [0.717, 1.165) is 57.7 Å². The Hall–Kier alpha value is -4.78. The molecule has 0 amide bonds. The van der Waals surface area contributed by atoms with Gasteiger partial charge in [0.25, 0.3) is 0 Å². The van der Waals surface area contributed by atoms with Crippen molar-refractivity contribution in [3.63, 3.8) is 0 Å². The second-order valence-corrected chi connectivity index (χ2v) is 10.9. The molecule has 1 atom stereocenters. The van der Waals surface area contributed by atoms with E-state index in [4.69, 9.17) is 44.3 Å². The molecular weight excluding hydrogens is 776 g/mol. The number of likely N-dealkylation sites (N-methyl/N-ethyl adjacent to an activating group) is 1. The maximum Gasteiger partial charge on any atom is 0.490 e. The van der Waals surface area contributed by atoms with Crippen LogP contribution in [0.5, 0.6) is 0 Å². The molecule has 0 radical (unpaired) electrons. The summed E-state index contributed by atoms with van der Waals surface area (Å²) >= 11 is 0. The molecule has 2 saturated heterocycles. The zero-order valence-electron chi connectivity index (χ0n) is 27.5. The Balaban J connectivity index is 0.000000820. The van der Waals surface area contributed by atoms with E-state index in [9.17, 15) is 52.7 Å². The third-order valence-corrected chi connectivity index (χ3v) is 6.82.